The lowest BCUT2D eigenvalue weighted by Gasteiger charge is -2.19. The Labute approximate surface area is 140 Å². The smallest absolute Gasteiger partial charge is 0.252 e. The number of aromatic nitrogens is 2. The molecule has 5 heteroatoms. The van der Waals surface area contributed by atoms with Gasteiger partial charge in [0.15, 0.2) is 0 Å². The van der Waals surface area contributed by atoms with E-state index < -0.39 is 11.9 Å². The van der Waals surface area contributed by atoms with Gasteiger partial charge in [-0.05, 0) is 30.7 Å². The number of imidazole rings is 1. The van der Waals surface area contributed by atoms with Gasteiger partial charge in [0.25, 0.3) is 5.91 Å². The topological polar surface area (TPSA) is 46.9 Å². The van der Waals surface area contributed by atoms with E-state index in [2.05, 4.69) is 10.3 Å². The highest BCUT2D eigenvalue weighted by molar-refractivity contribution is 5.94. The second kappa shape index (κ2) is 6.66. The van der Waals surface area contributed by atoms with Crippen LogP contribution >= 0.6 is 0 Å². The Kier molecular flexibility index (Phi) is 4.42. The normalized spacial score (nSPS) is 12.0. The van der Waals surface area contributed by atoms with E-state index in [0.717, 1.165) is 11.1 Å². The van der Waals surface area contributed by atoms with Crippen molar-refractivity contribution in [2.24, 2.45) is 7.05 Å². The minimum absolute atomic E-state index is 0.280. The van der Waals surface area contributed by atoms with Crippen LogP contribution in [-0.4, -0.2) is 15.5 Å². The molecule has 122 valence electrons. The predicted octanol–water partition coefficient (Wildman–Crippen LogP) is 3.39. The van der Waals surface area contributed by atoms with E-state index in [1.807, 2.05) is 49.0 Å². The quantitative estimate of drug-likeness (QED) is 0.800. The van der Waals surface area contributed by atoms with Crippen molar-refractivity contribution in [3.63, 3.8) is 0 Å². The summed E-state index contributed by atoms with van der Waals surface area (Å²) in [4.78, 5) is 16.9. The molecule has 0 radical (unpaired) electrons. The van der Waals surface area contributed by atoms with Gasteiger partial charge in [-0.15, -0.1) is 0 Å². The first-order chi connectivity index (χ1) is 11.5. The molecule has 1 amide bonds. The molecule has 3 aromatic rings. The maximum Gasteiger partial charge on any atom is 0.252 e. The van der Waals surface area contributed by atoms with Gasteiger partial charge in [-0.25, -0.2) is 9.37 Å². The summed E-state index contributed by atoms with van der Waals surface area (Å²) in [6.07, 6.45) is 3.51. The van der Waals surface area contributed by atoms with Crippen LogP contribution in [-0.2, 0) is 7.05 Å². The van der Waals surface area contributed by atoms with Crippen LogP contribution in [0.2, 0.25) is 0 Å². The zero-order valence-corrected chi connectivity index (χ0v) is 13.5. The Morgan fingerprint density at radius 2 is 2.00 bits per heavy atom. The fourth-order valence-corrected chi connectivity index (χ4v) is 2.65. The third kappa shape index (κ3) is 3.35. The second-order valence-corrected chi connectivity index (χ2v) is 5.73. The molecular formula is C19H18FN3O. The van der Waals surface area contributed by atoms with Gasteiger partial charge < -0.3 is 9.88 Å². The molecule has 0 bridgehead atoms. The first-order valence-corrected chi connectivity index (χ1v) is 7.65. The Hall–Kier alpha value is -2.95. The molecule has 0 fully saturated rings. The van der Waals surface area contributed by atoms with Crippen LogP contribution in [0.15, 0.2) is 60.9 Å². The number of halogens is 1. The summed E-state index contributed by atoms with van der Waals surface area (Å²) in [6.45, 7) is 1.99. The molecule has 1 atom stereocenters. The first kappa shape index (κ1) is 15.9. The van der Waals surface area contributed by atoms with Gasteiger partial charge in [0.05, 0.1) is 0 Å². The number of carbonyl (C=O) groups is 1. The Morgan fingerprint density at radius 3 is 2.67 bits per heavy atom. The van der Waals surface area contributed by atoms with E-state index in [-0.39, 0.29) is 11.5 Å². The molecule has 3 rings (SSSR count). The molecule has 0 spiro atoms. The van der Waals surface area contributed by atoms with E-state index >= 15 is 0 Å². The largest absolute Gasteiger partial charge is 0.338 e. The first-order valence-electron chi connectivity index (χ1n) is 7.65. The van der Waals surface area contributed by atoms with Gasteiger partial charge in [0, 0.05) is 25.0 Å². The van der Waals surface area contributed by atoms with Gasteiger partial charge in [-0.3, -0.25) is 4.79 Å². The molecule has 2 aromatic carbocycles. The van der Waals surface area contributed by atoms with Crippen LogP contribution in [0.5, 0.6) is 0 Å². The molecule has 24 heavy (non-hydrogen) atoms. The van der Waals surface area contributed by atoms with Gasteiger partial charge in [-0.1, -0.05) is 35.9 Å². The standard InChI is InChI=1S/C19H18FN3O/c1-13-5-3-6-14(11-13)17(18-21-9-10-23(18)2)22-19(24)15-7-4-8-16(20)12-15/h3-12,17H,1-2H3,(H,22,24). The number of hydrogen-bond acceptors (Lipinski definition) is 2. The van der Waals surface area contributed by atoms with Gasteiger partial charge in [-0.2, -0.15) is 0 Å². The average molecular weight is 323 g/mol. The summed E-state index contributed by atoms with van der Waals surface area (Å²) in [7, 11) is 1.87. The molecule has 0 saturated carbocycles. The van der Waals surface area contributed by atoms with Gasteiger partial charge in [0.1, 0.15) is 17.7 Å². The van der Waals surface area contributed by atoms with Crippen molar-refractivity contribution < 1.29 is 9.18 Å². The zero-order chi connectivity index (χ0) is 17.1. The van der Waals surface area contributed by atoms with Crippen molar-refractivity contribution in [2.45, 2.75) is 13.0 Å². The van der Waals surface area contributed by atoms with E-state index in [9.17, 15) is 9.18 Å². The molecule has 0 saturated heterocycles. The molecule has 0 aliphatic heterocycles. The van der Waals surface area contributed by atoms with E-state index in [0.29, 0.717) is 5.82 Å². The Morgan fingerprint density at radius 1 is 1.21 bits per heavy atom. The summed E-state index contributed by atoms with van der Waals surface area (Å²) in [5.74, 6) is -0.0684. The number of nitrogens with one attached hydrogen (secondary N) is 1. The van der Waals surface area contributed by atoms with E-state index in [1.54, 1.807) is 12.3 Å². The number of aryl methyl sites for hydroxylation is 2. The minimum atomic E-state index is -0.438. The van der Waals surface area contributed by atoms with Crippen LogP contribution in [0.3, 0.4) is 0 Å². The lowest BCUT2D eigenvalue weighted by molar-refractivity contribution is 0.0940. The third-order valence-corrected chi connectivity index (χ3v) is 3.85. The monoisotopic (exact) mass is 323 g/mol. The summed E-state index contributed by atoms with van der Waals surface area (Å²) < 4.78 is 15.2. The van der Waals surface area contributed by atoms with E-state index in [1.165, 1.54) is 18.2 Å². The highest BCUT2D eigenvalue weighted by Gasteiger charge is 2.21. The molecule has 1 N–H and O–H groups in total. The highest BCUT2D eigenvalue weighted by Crippen LogP contribution is 2.22. The average Bonchev–Trinajstić information content (AvgIpc) is 2.98. The number of benzene rings is 2. The van der Waals surface area contributed by atoms with Crippen molar-refractivity contribution in [1.29, 1.82) is 0 Å². The molecule has 4 nitrogen and oxygen atoms in total. The maximum absolute atomic E-state index is 13.4. The zero-order valence-electron chi connectivity index (χ0n) is 13.5. The Balaban J connectivity index is 1.96. The summed E-state index contributed by atoms with van der Waals surface area (Å²) >= 11 is 0. The molecule has 1 unspecified atom stereocenters. The number of hydrogen-bond donors (Lipinski definition) is 1. The summed E-state index contributed by atoms with van der Waals surface area (Å²) in [6, 6.07) is 13.1. The molecular weight excluding hydrogens is 305 g/mol. The van der Waals surface area contributed by atoms with Crippen LogP contribution in [0.1, 0.15) is 33.4 Å². The fourth-order valence-electron chi connectivity index (χ4n) is 2.65. The SMILES string of the molecule is Cc1cccc(C(NC(=O)c2cccc(F)c2)c2nccn2C)c1. The number of rotatable bonds is 4. The van der Waals surface area contributed by atoms with Crippen molar-refractivity contribution in [1.82, 2.24) is 14.9 Å². The van der Waals surface area contributed by atoms with E-state index in [4.69, 9.17) is 0 Å². The molecule has 0 aliphatic rings. The molecule has 1 heterocycles. The van der Waals surface area contributed by atoms with Crippen LogP contribution in [0.4, 0.5) is 4.39 Å². The van der Waals surface area contributed by atoms with Gasteiger partial charge in [0.2, 0.25) is 0 Å². The van der Waals surface area contributed by atoms with Crippen molar-refractivity contribution >= 4 is 5.91 Å². The lowest BCUT2D eigenvalue weighted by Crippen LogP contribution is -2.31. The van der Waals surface area contributed by atoms with Crippen molar-refractivity contribution in [3.8, 4) is 0 Å². The number of amides is 1. The highest BCUT2D eigenvalue weighted by atomic mass is 19.1. The second-order valence-electron chi connectivity index (χ2n) is 5.73. The fraction of sp³-hybridized carbons (Fsp3) is 0.158. The minimum Gasteiger partial charge on any atom is -0.338 e. The van der Waals surface area contributed by atoms with Crippen molar-refractivity contribution in [3.05, 3.63) is 89.3 Å². The van der Waals surface area contributed by atoms with Crippen LogP contribution in [0.25, 0.3) is 0 Å². The summed E-state index contributed by atoms with van der Waals surface area (Å²) in [5.41, 5.74) is 2.29. The molecule has 0 aliphatic carbocycles. The number of nitrogens with zero attached hydrogens (tertiary/aromatic N) is 2. The maximum atomic E-state index is 13.4. The predicted molar refractivity (Wildman–Crippen MR) is 90.1 cm³/mol. The summed E-state index contributed by atoms with van der Waals surface area (Å²) in [5, 5.41) is 2.96. The van der Waals surface area contributed by atoms with Crippen LogP contribution < -0.4 is 5.32 Å². The molecule has 1 aromatic heterocycles. The lowest BCUT2D eigenvalue weighted by atomic mass is 10.0. The van der Waals surface area contributed by atoms with Gasteiger partial charge >= 0.3 is 0 Å². The van der Waals surface area contributed by atoms with Crippen molar-refractivity contribution in [2.75, 3.05) is 0 Å². The third-order valence-electron chi connectivity index (χ3n) is 3.85. The number of carbonyl (C=O) groups excluding carboxylic acids is 1. The van der Waals surface area contributed by atoms with Crippen LogP contribution in [0, 0.1) is 12.7 Å². The Bertz CT molecular complexity index is 872.